The van der Waals surface area contributed by atoms with Crippen molar-refractivity contribution >= 4 is 18.5 Å². The van der Waals surface area contributed by atoms with Crippen LogP contribution in [-0.2, 0) is 0 Å². The van der Waals surface area contributed by atoms with E-state index in [0.29, 0.717) is 6.04 Å². The second-order valence-electron chi connectivity index (χ2n) is 3.57. The van der Waals surface area contributed by atoms with Crippen molar-refractivity contribution in [3.63, 3.8) is 0 Å². The van der Waals surface area contributed by atoms with E-state index in [0.717, 1.165) is 32.4 Å². The summed E-state index contributed by atoms with van der Waals surface area (Å²) < 4.78 is 0. The van der Waals surface area contributed by atoms with E-state index in [9.17, 15) is 4.79 Å². The first kappa shape index (κ1) is 10.6. The molecular weight excluding hydrogens is 192 g/mol. The van der Waals surface area contributed by atoms with Gasteiger partial charge in [-0.25, -0.2) is 4.79 Å². The van der Waals surface area contributed by atoms with Crippen LogP contribution in [0.2, 0.25) is 0 Å². The van der Waals surface area contributed by atoms with E-state index < -0.39 is 6.09 Å². The Labute approximate surface area is 83.7 Å². The van der Waals surface area contributed by atoms with Crippen LogP contribution in [0.4, 0.5) is 4.79 Å². The maximum atomic E-state index is 10.9. The highest BCUT2D eigenvalue weighted by molar-refractivity contribution is 5.85. The molecule has 0 bridgehead atoms. The Bertz CT molecular complexity index is 191. The topological polar surface area (TPSA) is 52.6 Å². The first-order valence-corrected chi connectivity index (χ1v) is 4.51. The summed E-state index contributed by atoms with van der Waals surface area (Å²) in [5.74, 6) is 0. The van der Waals surface area contributed by atoms with Crippen LogP contribution < -0.4 is 5.32 Å². The normalized spacial score (nSPS) is 26.6. The minimum Gasteiger partial charge on any atom is -0.465 e. The molecule has 1 saturated heterocycles. The molecule has 2 N–H and O–H groups in total. The van der Waals surface area contributed by atoms with Gasteiger partial charge in [0.2, 0.25) is 0 Å². The number of amides is 1. The van der Waals surface area contributed by atoms with Crippen molar-refractivity contribution in [2.75, 3.05) is 13.1 Å². The van der Waals surface area contributed by atoms with E-state index in [1.54, 1.807) is 4.90 Å². The molecule has 1 aliphatic carbocycles. The van der Waals surface area contributed by atoms with Gasteiger partial charge in [-0.2, -0.15) is 0 Å². The van der Waals surface area contributed by atoms with E-state index in [2.05, 4.69) is 5.32 Å². The molecule has 0 unspecified atom stereocenters. The number of nitrogens with zero attached hydrogens (tertiary/aromatic N) is 1. The van der Waals surface area contributed by atoms with E-state index >= 15 is 0 Å². The van der Waals surface area contributed by atoms with Gasteiger partial charge >= 0.3 is 6.09 Å². The lowest BCUT2D eigenvalue weighted by molar-refractivity contribution is 0.124. The number of nitrogens with one attached hydrogen (secondary N) is 1. The van der Waals surface area contributed by atoms with Gasteiger partial charge in [-0.05, 0) is 25.8 Å². The van der Waals surface area contributed by atoms with E-state index in [1.807, 2.05) is 0 Å². The van der Waals surface area contributed by atoms with Crippen LogP contribution in [0, 0.1) is 0 Å². The number of carbonyl (C=O) groups is 1. The zero-order valence-electron chi connectivity index (χ0n) is 7.40. The van der Waals surface area contributed by atoms with E-state index in [4.69, 9.17) is 5.11 Å². The van der Waals surface area contributed by atoms with E-state index in [1.165, 1.54) is 0 Å². The maximum Gasteiger partial charge on any atom is 0.407 e. The standard InChI is InChI=1S/C8H14N2O2.ClH/c11-8(12)10(6-1-2-6)7-3-4-9-5-7;/h6-7,9H,1-5H2,(H,11,12);1H/t7-;/m1./s1. The average molecular weight is 207 g/mol. The molecule has 0 aromatic carbocycles. The summed E-state index contributed by atoms with van der Waals surface area (Å²) in [5.41, 5.74) is 0. The van der Waals surface area contributed by atoms with Gasteiger partial charge in [-0.1, -0.05) is 0 Å². The van der Waals surface area contributed by atoms with Gasteiger partial charge in [0.1, 0.15) is 0 Å². The summed E-state index contributed by atoms with van der Waals surface area (Å²) in [6, 6.07) is 0.558. The molecule has 0 radical (unpaired) electrons. The maximum absolute atomic E-state index is 10.9. The largest absolute Gasteiger partial charge is 0.465 e. The van der Waals surface area contributed by atoms with Gasteiger partial charge in [0, 0.05) is 18.6 Å². The quantitative estimate of drug-likeness (QED) is 0.706. The number of hydrogen-bond acceptors (Lipinski definition) is 2. The summed E-state index contributed by atoms with van der Waals surface area (Å²) in [5, 5.41) is 12.1. The monoisotopic (exact) mass is 206 g/mol. The van der Waals surface area contributed by atoms with Crippen LogP contribution in [0.1, 0.15) is 19.3 Å². The smallest absolute Gasteiger partial charge is 0.407 e. The van der Waals surface area contributed by atoms with Gasteiger partial charge in [0.15, 0.2) is 0 Å². The second-order valence-corrected chi connectivity index (χ2v) is 3.57. The van der Waals surface area contributed by atoms with Crippen LogP contribution in [-0.4, -0.2) is 41.3 Å². The Morgan fingerprint density at radius 3 is 2.38 bits per heavy atom. The van der Waals surface area contributed by atoms with Crippen molar-refractivity contribution in [2.45, 2.75) is 31.3 Å². The molecule has 4 nitrogen and oxygen atoms in total. The lowest BCUT2D eigenvalue weighted by Gasteiger charge is -2.24. The van der Waals surface area contributed by atoms with E-state index in [-0.39, 0.29) is 18.4 Å². The van der Waals surface area contributed by atoms with Crippen LogP contribution in [0.25, 0.3) is 0 Å². The summed E-state index contributed by atoms with van der Waals surface area (Å²) >= 11 is 0. The number of halogens is 1. The first-order valence-electron chi connectivity index (χ1n) is 4.51. The highest BCUT2D eigenvalue weighted by atomic mass is 35.5. The number of rotatable bonds is 2. The fourth-order valence-corrected chi connectivity index (χ4v) is 1.84. The number of hydrogen-bond donors (Lipinski definition) is 2. The third-order valence-corrected chi connectivity index (χ3v) is 2.59. The molecule has 76 valence electrons. The average Bonchev–Trinajstić information content (AvgIpc) is 2.65. The minimum absolute atomic E-state index is 0. The summed E-state index contributed by atoms with van der Waals surface area (Å²) in [4.78, 5) is 12.5. The molecular formula is C8H15ClN2O2. The summed E-state index contributed by atoms with van der Waals surface area (Å²) in [6.45, 7) is 1.80. The Hall–Kier alpha value is -0.480. The molecule has 1 atom stereocenters. The van der Waals surface area contributed by atoms with Crippen molar-refractivity contribution in [3.05, 3.63) is 0 Å². The Kier molecular flexibility index (Phi) is 3.39. The third kappa shape index (κ3) is 2.25. The van der Waals surface area contributed by atoms with Crippen LogP contribution >= 0.6 is 12.4 Å². The van der Waals surface area contributed by atoms with Crippen LogP contribution in [0.15, 0.2) is 0 Å². The SMILES string of the molecule is Cl.O=C(O)N(C1CC1)[C@@H]1CCNC1. The molecule has 2 fully saturated rings. The van der Waals surface area contributed by atoms with Crippen LogP contribution in [0.3, 0.4) is 0 Å². The fraction of sp³-hybridized carbons (Fsp3) is 0.875. The van der Waals surface area contributed by atoms with Crippen LogP contribution in [0.5, 0.6) is 0 Å². The second kappa shape index (κ2) is 4.15. The Morgan fingerprint density at radius 2 is 2.00 bits per heavy atom. The zero-order valence-corrected chi connectivity index (χ0v) is 8.22. The lowest BCUT2D eigenvalue weighted by atomic mass is 10.2. The van der Waals surface area contributed by atoms with Crippen molar-refractivity contribution in [1.29, 1.82) is 0 Å². The molecule has 13 heavy (non-hydrogen) atoms. The zero-order chi connectivity index (χ0) is 8.55. The van der Waals surface area contributed by atoms with Gasteiger partial charge in [0.25, 0.3) is 0 Å². The Morgan fingerprint density at radius 1 is 1.31 bits per heavy atom. The molecule has 1 saturated carbocycles. The third-order valence-electron chi connectivity index (χ3n) is 2.59. The van der Waals surface area contributed by atoms with Gasteiger partial charge in [0.05, 0.1) is 0 Å². The molecule has 0 aromatic rings. The highest BCUT2D eigenvalue weighted by Crippen LogP contribution is 2.30. The minimum atomic E-state index is -0.744. The molecule has 5 heteroatoms. The predicted molar refractivity (Wildman–Crippen MR) is 51.4 cm³/mol. The molecule has 0 spiro atoms. The summed E-state index contributed by atoms with van der Waals surface area (Å²) in [6.07, 6.45) is 2.35. The van der Waals surface area contributed by atoms with Crippen molar-refractivity contribution < 1.29 is 9.90 Å². The molecule has 2 rings (SSSR count). The summed E-state index contributed by atoms with van der Waals surface area (Å²) in [7, 11) is 0. The van der Waals surface area contributed by atoms with Gasteiger partial charge in [-0.15, -0.1) is 12.4 Å². The molecule has 1 amide bonds. The number of carboxylic acid groups (broad SMARTS) is 1. The molecule has 2 aliphatic rings. The Balaban J connectivity index is 0.000000845. The van der Waals surface area contributed by atoms with Crippen molar-refractivity contribution in [3.8, 4) is 0 Å². The van der Waals surface area contributed by atoms with Crippen molar-refractivity contribution in [2.24, 2.45) is 0 Å². The fourth-order valence-electron chi connectivity index (χ4n) is 1.84. The predicted octanol–water partition coefficient (Wildman–Crippen LogP) is 0.913. The highest BCUT2D eigenvalue weighted by Gasteiger charge is 2.38. The lowest BCUT2D eigenvalue weighted by Crippen LogP contribution is -2.42. The van der Waals surface area contributed by atoms with Crippen molar-refractivity contribution in [1.82, 2.24) is 10.2 Å². The molecule has 1 aliphatic heterocycles. The first-order chi connectivity index (χ1) is 5.79. The van der Waals surface area contributed by atoms with Gasteiger partial charge < -0.3 is 15.3 Å². The molecule has 0 aromatic heterocycles. The van der Waals surface area contributed by atoms with Gasteiger partial charge in [-0.3, -0.25) is 0 Å². The molecule has 1 heterocycles.